The zero-order valence-corrected chi connectivity index (χ0v) is 19.5. The molecule has 2 amide bonds. The fraction of sp³-hybridized carbons (Fsp3) is 0.379. The number of aromatic nitrogens is 1. The zero-order valence-electron chi connectivity index (χ0n) is 19.5. The summed E-state index contributed by atoms with van der Waals surface area (Å²) in [5.74, 6) is 1.11. The summed E-state index contributed by atoms with van der Waals surface area (Å²) < 4.78 is 0. The first-order valence-electron chi connectivity index (χ1n) is 12.6. The van der Waals surface area contributed by atoms with Gasteiger partial charge in [0.05, 0.1) is 0 Å². The molecule has 3 aliphatic rings. The number of nitrogens with one attached hydrogen (secondary N) is 1. The number of H-pyrrole nitrogens is 1. The normalized spacial score (nSPS) is 22.7. The number of carbonyl (C=O) groups excluding carboxylic acids is 2. The number of hydrogen-bond donors (Lipinski definition) is 1. The number of fused-ring (bicyclic) bond motifs is 2. The van der Waals surface area contributed by atoms with Crippen molar-refractivity contribution < 1.29 is 9.59 Å². The Kier molecular flexibility index (Phi) is 5.48. The molecule has 2 aliphatic heterocycles. The number of amides is 2. The maximum atomic E-state index is 13.2. The van der Waals surface area contributed by atoms with E-state index in [2.05, 4.69) is 47.6 Å². The van der Waals surface area contributed by atoms with Crippen LogP contribution < -0.4 is 0 Å². The number of carbonyl (C=O) groups is 2. The van der Waals surface area contributed by atoms with Crippen LogP contribution in [-0.2, 0) is 11.3 Å². The van der Waals surface area contributed by atoms with E-state index in [0.717, 1.165) is 68.4 Å². The Morgan fingerprint density at radius 3 is 2.56 bits per heavy atom. The van der Waals surface area contributed by atoms with E-state index in [9.17, 15) is 9.59 Å². The van der Waals surface area contributed by atoms with Gasteiger partial charge in [-0.15, -0.1) is 0 Å². The van der Waals surface area contributed by atoms with E-state index in [1.54, 1.807) is 0 Å². The van der Waals surface area contributed by atoms with Crippen LogP contribution in [0.3, 0.4) is 0 Å². The molecule has 1 saturated carbocycles. The quantitative estimate of drug-likeness (QED) is 0.587. The molecule has 2 aromatic carbocycles. The molecule has 0 radical (unpaired) electrons. The van der Waals surface area contributed by atoms with E-state index in [-0.39, 0.29) is 11.8 Å². The fourth-order valence-electron chi connectivity index (χ4n) is 6.08. The van der Waals surface area contributed by atoms with E-state index in [4.69, 9.17) is 0 Å². The van der Waals surface area contributed by atoms with Crippen LogP contribution in [-0.4, -0.2) is 46.2 Å². The molecule has 0 bridgehead atoms. The van der Waals surface area contributed by atoms with Gasteiger partial charge >= 0.3 is 0 Å². The minimum absolute atomic E-state index is 0.130. The first kappa shape index (κ1) is 21.2. The summed E-state index contributed by atoms with van der Waals surface area (Å²) in [4.78, 5) is 33.3. The second-order valence-electron chi connectivity index (χ2n) is 10.1. The first-order valence-corrected chi connectivity index (χ1v) is 12.6. The summed E-state index contributed by atoms with van der Waals surface area (Å²) in [5, 5.41) is 1.26. The maximum Gasteiger partial charge on any atom is 0.254 e. The minimum Gasteiger partial charge on any atom is -0.361 e. The number of benzene rings is 2. The third-order valence-corrected chi connectivity index (χ3v) is 8.03. The lowest BCUT2D eigenvalue weighted by molar-refractivity contribution is -0.136. The number of aromatic amines is 1. The van der Waals surface area contributed by atoms with Crippen molar-refractivity contribution in [3.63, 3.8) is 0 Å². The largest absolute Gasteiger partial charge is 0.361 e. The van der Waals surface area contributed by atoms with Crippen LogP contribution in [0.5, 0.6) is 0 Å². The molecule has 5 heteroatoms. The van der Waals surface area contributed by atoms with Gasteiger partial charge in [-0.1, -0.05) is 42.5 Å². The van der Waals surface area contributed by atoms with Gasteiger partial charge in [0.15, 0.2) is 0 Å². The first-order chi connectivity index (χ1) is 16.7. The van der Waals surface area contributed by atoms with Crippen LogP contribution >= 0.6 is 0 Å². The SMILES string of the molecule is O=C1c2ccccc2CN1CC1CCC(C(=O)N2CC=C(c3c[nH]c4ccccc34)CC2)CC1. The molecule has 1 aromatic heterocycles. The van der Waals surface area contributed by atoms with Gasteiger partial charge in [0, 0.05) is 60.3 Å². The summed E-state index contributed by atoms with van der Waals surface area (Å²) in [6.45, 7) is 3.04. The summed E-state index contributed by atoms with van der Waals surface area (Å²) in [6.07, 6.45) is 9.17. The summed E-state index contributed by atoms with van der Waals surface area (Å²) in [5.41, 5.74) is 5.76. The molecule has 3 aromatic rings. The Morgan fingerprint density at radius 1 is 0.971 bits per heavy atom. The molecular weight excluding hydrogens is 422 g/mol. The molecule has 1 fully saturated rings. The lowest BCUT2D eigenvalue weighted by Gasteiger charge is -2.34. The molecule has 174 valence electrons. The Bertz CT molecular complexity index is 1270. The van der Waals surface area contributed by atoms with Gasteiger partial charge in [0.1, 0.15) is 0 Å². The monoisotopic (exact) mass is 453 g/mol. The molecule has 6 rings (SSSR count). The molecule has 34 heavy (non-hydrogen) atoms. The van der Waals surface area contributed by atoms with E-state index >= 15 is 0 Å². The average Bonchev–Trinajstić information content (AvgIpc) is 3.46. The van der Waals surface area contributed by atoms with Gasteiger partial charge in [-0.25, -0.2) is 0 Å². The fourth-order valence-corrected chi connectivity index (χ4v) is 6.08. The highest BCUT2D eigenvalue weighted by Gasteiger charge is 2.33. The van der Waals surface area contributed by atoms with Crippen LogP contribution in [0, 0.1) is 11.8 Å². The Hall–Kier alpha value is -3.34. The van der Waals surface area contributed by atoms with Crippen LogP contribution in [0.1, 0.15) is 53.6 Å². The van der Waals surface area contributed by atoms with Crippen molar-refractivity contribution in [3.05, 3.63) is 77.5 Å². The Balaban J connectivity index is 1.03. The summed E-state index contributed by atoms with van der Waals surface area (Å²) in [6, 6.07) is 16.3. The molecule has 5 nitrogen and oxygen atoms in total. The maximum absolute atomic E-state index is 13.2. The van der Waals surface area contributed by atoms with Crippen LogP contribution in [0.2, 0.25) is 0 Å². The number of rotatable bonds is 4. The van der Waals surface area contributed by atoms with E-state index < -0.39 is 0 Å². The number of para-hydroxylation sites is 1. The van der Waals surface area contributed by atoms with Crippen molar-refractivity contribution in [1.29, 1.82) is 0 Å². The van der Waals surface area contributed by atoms with Crippen molar-refractivity contribution in [3.8, 4) is 0 Å². The molecule has 1 aliphatic carbocycles. The highest BCUT2D eigenvalue weighted by atomic mass is 16.2. The zero-order chi connectivity index (χ0) is 23.1. The average molecular weight is 454 g/mol. The summed E-state index contributed by atoms with van der Waals surface area (Å²) >= 11 is 0. The van der Waals surface area contributed by atoms with Crippen molar-refractivity contribution >= 4 is 28.3 Å². The van der Waals surface area contributed by atoms with E-state index in [0.29, 0.717) is 18.4 Å². The van der Waals surface area contributed by atoms with Crippen LogP contribution in [0.4, 0.5) is 0 Å². The van der Waals surface area contributed by atoms with Crippen molar-refractivity contribution in [1.82, 2.24) is 14.8 Å². The Labute approximate surface area is 200 Å². The highest BCUT2D eigenvalue weighted by Crippen LogP contribution is 2.34. The van der Waals surface area contributed by atoms with Crippen LogP contribution in [0.15, 0.2) is 60.8 Å². The van der Waals surface area contributed by atoms with Crippen LogP contribution in [0.25, 0.3) is 16.5 Å². The van der Waals surface area contributed by atoms with Gasteiger partial charge < -0.3 is 14.8 Å². The molecule has 0 spiro atoms. The predicted octanol–water partition coefficient (Wildman–Crippen LogP) is 5.25. The van der Waals surface area contributed by atoms with Gasteiger partial charge in [0.25, 0.3) is 5.91 Å². The molecule has 3 heterocycles. The molecule has 0 saturated heterocycles. The van der Waals surface area contributed by atoms with Crippen molar-refractivity contribution in [2.45, 2.75) is 38.6 Å². The topological polar surface area (TPSA) is 56.4 Å². The smallest absolute Gasteiger partial charge is 0.254 e. The van der Waals surface area contributed by atoms with E-state index in [1.807, 2.05) is 28.0 Å². The molecule has 0 atom stereocenters. The highest BCUT2D eigenvalue weighted by molar-refractivity contribution is 5.98. The molecular formula is C29H31N3O2. The Morgan fingerprint density at radius 2 is 1.76 bits per heavy atom. The van der Waals surface area contributed by atoms with Gasteiger partial charge in [-0.05, 0) is 61.3 Å². The third kappa shape index (κ3) is 3.83. The van der Waals surface area contributed by atoms with Crippen molar-refractivity contribution in [2.75, 3.05) is 19.6 Å². The molecule has 1 N–H and O–H groups in total. The summed E-state index contributed by atoms with van der Waals surface area (Å²) in [7, 11) is 0. The second-order valence-corrected chi connectivity index (χ2v) is 10.1. The van der Waals surface area contributed by atoms with E-state index in [1.165, 1.54) is 16.5 Å². The predicted molar refractivity (Wildman–Crippen MR) is 134 cm³/mol. The molecule has 0 unspecified atom stereocenters. The minimum atomic E-state index is 0.130. The van der Waals surface area contributed by atoms with Gasteiger partial charge in [-0.2, -0.15) is 0 Å². The third-order valence-electron chi connectivity index (χ3n) is 8.03. The second kappa shape index (κ2) is 8.79. The van der Waals surface area contributed by atoms with Gasteiger partial charge in [0.2, 0.25) is 5.91 Å². The standard InChI is InChI=1S/C29H31N3O2/c33-28(31-15-13-21(14-16-31)26-17-30-27-8-4-3-7-25(26)27)22-11-9-20(10-12-22)18-32-19-23-5-1-2-6-24(23)29(32)34/h1-8,13,17,20,22,30H,9-12,14-16,18-19H2. The number of hydrogen-bond acceptors (Lipinski definition) is 2. The van der Waals surface area contributed by atoms with Gasteiger partial charge in [-0.3, -0.25) is 9.59 Å². The van der Waals surface area contributed by atoms with Crippen molar-refractivity contribution in [2.24, 2.45) is 11.8 Å². The lowest BCUT2D eigenvalue weighted by atomic mass is 9.81. The lowest BCUT2D eigenvalue weighted by Crippen LogP contribution is -2.41. The number of nitrogens with zero attached hydrogens (tertiary/aromatic N) is 2.